The van der Waals surface area contributed by atoms with Gasteiger partial charge in [-0.25, -0.2) is 0 Å². The van der Waals surface area contributed by atoms with Crippen molar-refractivity contribution in [2.75, 3.05) is 38.1 Å². The monoisotopic (exact) mass is 297 g/mol. The van der Waals surface area contributed by atoms with Gasteiger partial charge < -0.3 is 9.80 Å². The normalized spacial score (nSPS) is 23.5. The number of benzene rings is 1. The second kappa shape index (κ2) is 6.04. The smallest absolute Gasteiger partial charge is 0.0898 e. The highest BCUT2D eigenvalue weighted by atomic mass is 15.3. The first-order valence-electron chi connectivity index (χ1n) is 8.94. The van der Waals surface area contributed by atoms with E-state index >= 15 is 0 Å². The van der Waals surface area contributed by atoms with Gasteiger partial charge in [-0.15, -0.1) is 0 Å². The third-order valence-corrected chi connectivity index (χ3v) is 5.65. The number of piperazine rings is 1. The van der Waals surface area contributed by atoms with Gasteiger partial charge in [0.1, 0.15) is 0 Å². The summed E-state index contributed by atoms with van der Waals surface area (Å²) in [4.78, 5) is 10.1. The number of likely N-dealkylation sites (N-methyl/N-ethyl adjacent to an activating group) is 1. The number of rotatable bonds is 2. The Balaban J connectivity index is 1.58. The Bertz CT molecular complexity index is 564. The minimum absolute atomic E-state index is 0.751. The third kappa shape index (κ3) is 2.67. The van der Waals surface area contributed by atoms with Gasteiger partial charge in [0.25, 0.3) is 0 Å². The molecule has 1 aliphatic carbocycles. The van der Waals surface area contributed by atoms with Gasteiger partial charge in [-0.05, 0) is 37.4 Å². The maximum Gasteiger partial charge on any atom is 0.0898 e. The zero-order valence-electron chi connectivity index (χ0n) is 13.7. The van der Waals surface area contributed by atoms with Crippen molar-refractivity contribution in [1.29, 1.82) is 0 Å². The van der Waals surface area contributed by atoms with E-state index in [4.69, 9.17) is 4.99 Å². The molecule has 2 heterocycles. The molecule has 1 saturated carbocycles. The van der Waals surface area contributed by atoms with Crippen LogP contribution >= 0.6 is 0 Å². The van der Waals surface area contributed by atoms with Gasteiger partial charge in [0.15, 0.2) is 0 Å². The number of aliphatic imine (C=N–C) groups is 1. The molecule has 0 spiro atoms. The molecular weight excluding hydrogens is 270 g/mol. The summed E-state index contributed by atoms with van der Waals surface area (Å²) in [6, 6.07) is 6.79. The summed E-state index contributed by atoms with van der Waals surface area (Å²) >= 11 is 0. The average Bonchev–Trinajstić information content (AvgIpc) is 3.01. The molecule has 118 valence electrons. The van der Waals surface area contributed by atoms with Crippen LogP contribution in [0.3, 0.4) is 0 Å². The highest BCUT2D eigenvalue weighted by Crippen LogP contribution is 2.40. The van der Waals surface area contributed by atoms with Crippen LogP contribution in [0.5, 0.6) is 0 Å². The van der Waals surface area contributed by atoms with Gasteiger partial charge in [-0.1, -0.05) is 31.4 Å². The van der Waals surface area contributed by atoms with Crippen LogP contribution in [0.15, 0.2) is 23.2 Å². The lowest BCUT2D eigenvalue weighted by Crippen LogP contribution is -2.44. The predicted molar refractivity (Wildman–Crippen MR) is 93.5 cm³/mol. The molecule has 3 nitrogen and oxygen atoms in total. The van der Waals surface area contributed by atoms with Crippen molar-refractivity contribution in [2.45, 2.75) is 38.5 Å². The standard InChI is InChI=1S/C19H27N3/c1-21-10-12-22(13-11-21)18-9-5-8-16-14-17(20-19(16)18)15-6-3-2-4-7-15/h5,8-9,15H,2-4,6-7,10-14H2,1H3. The molecule has 4 rings (SSSR count). The zero-order chi connectivity index (χ0) is 14.9. The number of anilines is 1. The molecule has 0 radical (unpaired) electrons. The summed E-state index contributed by atoms with van der Waals surface area (Å²) in [6.45, 7) is 4.56. The van der Waals surface area contributed by atoms with Crippen molar-refractivity contribution >= 4 is 17.1 Å². The molecule has 0 bridgehead atoms. The fourth-order valence-electron chi connectivity index (χ4n) is 4.20. The largest absolute Gasteiger partial charge is 0.367 e. The number of nitrogens with zero attached hydrogens (tertiary/aromatic N) is 3. The Morgan fingerprint density at radius 3 is 2.55 bits per heavy atom. The first-order chi connectivity index (χ1) is 10.8. The molecule has 1 aromatic carbocycles. The Labute approximate surface area is 134 Å². The van der Waals surface area contributed by atoms with Gasteiger partial charge in [0.05, 0.1) is 11.4 Å². The lowest BCUT2D eigenvalue weighted by molar-refractivity contribution is 0.313. The topological polar surface area (TPSA) is 18.8 Å². The van der Waals surface area contributed by atoms with Crippen LogP contribution in [0.25, 0.3) is 0 Å². The maximum atomic E-state index is 5.13. The van der Waals surface area contributed by atoms with Crippen molar-refractivity contribution in [3.05, 3.63) is 23.8 Å². The SMILES string of the molecule is CN1CCN(c2cccc3c2N=C(C2CCCCC2)C3)CC1. The van der Waals surface area contributed by atoms with Crippen LogP contribution < -0.4 is 4.90 Å². The molecule has 22 heavy (non-hydrogen) atoms. The van der Waals surface area contributed by atoms with Crippen LogP contribution in [0, 0.1) is 5.92 Å². The summed E-state index contributed by atoms with van der Waals surface area (Å²) in [7, 11) is 2.21. The van der Waals surface area contributed by atoms with Gasteiger partial charge in [0, 0.05) is 38.3 Å². The van der Waals surface area contributed by atoms with Crippen LogP contribution in [0.2, 0.25) is 0 Å². The van der Waals surface area contributed by atoms with Gasteiger partial charge in [-0.3, -0.25) is 4.99 Å². The molecule has 0 amide bonds. The number of hydrogen-bond acceptors (Lipinski definition) is 3. The molecule has 3 aliphatic rings. The van der Waals surface area contributed by atoms with Gasteiger partial charge >= 0.3 is 0 Å². The Morgan fingerprint density at radius 2 is 1.77 bits per heavy atom. The first-order valence-corrected chi connectivity index (χ1v) is 8.94. The lowest BCUT2D eigenvalue weighted by Gasteiger charge is -2.34. The molecule has 0 N–H and O–H groups in total. The number of fused-ring (bicyclic) bond motifs is 1. The quantitative estimate of drug-likeness (QED) is 0.830. The maximum absolute atomic E-state index is 5.13. The molecule has 0 aromatic heterocycles. The van der Waals surface area contributed by atoms with Crippen LogP contribution in [0.4, 0.5) is 11.4 Å². The molecule has 0 atom stereocenters. The Kier molecular flexibility index (Phi) is 3.91. The minimum atomic E-state index is 0.751. The van der Waals surface area contributed by atoms with Crippen LogP contribution in [-0.2, 0) is 6.42 Å². The van der Waals surface area contributed by atoms with Crippen molar-refractivity contribution in [2.24, 2.45) is 10.9 Å². The van der Waals surface area contributed by atoms with Crippen LogP contribution in [0.1, 0.15) is 37.7 Å². The van der Waals surface area contributed by atoms with Crippen molar-refractivity contribution in [1.82, 2.24) is 4.90 Å². The second-order valence-electron chi connectivity index (χ2n) is 7.19. The molecule has 2 aliphatic heterocycles. The van der Waals surface area contributed by atoms with E-state index in [0.29, 0.717) is 0 Å². The highest BCUT2D eigenvalue weighted by Gasteiger charge is 2.27. The van der Waals surface area contributed by atoms with Crippen molar-refractivity contribution in [3.63, 3.8) is 0 Å². The van der Waals surface area contributed by atoms with Gasteiger partial charge in [-0.2, -0.15) is 0 Å². The fraction of sp³-hybridized carbons (Fsp3) is 0.632. The van der Waals surface area contributed by atoms with Crippen molar-refractivity contribution in [3.8, 4) is 0 Å². The van der Waals surface area contributed by atoms with E-state index in [-0.39, 0.29) is 0 Å². The number of para-hydroxylation sites is 1. The van der Waals surface area contributed by atoms with E-state index in [2.05, 4.69) is 35.0 Å². The van der Waals surface area contributed by atoms with E-state index in [9.17, 15) is 0 Å². The average molecular weight is 297 g/mol. The molecule has 1 saturated heterocycles. The lowest BCUT2D eigenvalue weighted by atomic mass is 9.84. The fourth-order valence-corrected chi connectivity index (χ4v) is 4.20. The molecule has 3 heteroatoms. The minimum Gasteiger partial charge on any atom is -0.367 e. The third-order valence-electron chi connectivity index (χ3n) is 5.65. The van der Waals surface area contributed by atoms with E-state index in [1.807, 2.05) is 0 Å². The second-order valence-corrected chi connectivity index (χ2v) is 7.19. The molecule has 2 fully saturated rings. The molecule has 0 unspecified atom stereocenters. The zero-order valence-corrected chi connectivity index (χ0v) is 13.7. The number of hydrogen-bond donors (Lipinski definition) is 0. The van der Waals surface area contributed by atoms with Crippen LogP contribution in [-0.4, -0.2) is 43.8 Å². The van der Waals surface area contributed by atoms with E-state index in [1.54, 1.807) is 0 Å². The van der Waals surface area contributed by atoms with E-state index in [0.717, 1.165) is 38.5 Å². The Morgan fingerprint density at radius 1 is 1.00 bits per heavy atom. The van der Waals surface area contributed by atoms with Crippen molar-refractivity contribution < 1.29 is 0 Å². The summed E-state index contributed by atoms with van der Waals surface area (Å²) in [6.07, 6.45) is 8.02. The van der Waals surface area contributed by atoms with E-state index < -0.39 is 0 Å². The highest BCUT2D eigenvalue weighted by molar-refractivity contribution is 5.98. The van der Waals surface area contributed by atoms with Gasteiger partial charge in [0.2, 0.25) is 0 Å². The molecular formula is C19H27N3. The summed E-state index contributed by atoms with van der Waals surface area (Å²) in [5.41, 5.74) is 5.58. The Hall–Kier alpha value is -1.35. The summed E-state index contributed by atoms with van der Waals surface area (Å²) in [5, 5.41) is 0. The summed E-state index contributed by atoms with van der Waals surface area (Å²) < 4.78 is 0. The first kappa shape index (κ1) is 14.3. The van der Waals surface area contributed by atoms with E-state index in [1.165, 1.54) is 54.8 Å². The predicted octanol–water partition coefficient (Wildman–Crippen LogP) is 3.65. The summed E-state index contributed by atoms with van der Waals surface area (Å²) in [5.74, 6) is 0.751. The molecule has 1 aromatic rings.